The smallest absolute Gasteiger partial charge is 0.272 e. The third kappa shape index (κ3) is 3.01. The first-order valence-electron chi connectivity index (χ1n) is 10.00. The van der Waals surface area contributed by atoms with E-state index in [-0.39, 0.29) is 17.2 Å². The lowest BCUT2D eigenvalue weighted by Gasteiger charge is -2.20. The fourth-order valence-corrected chi connectivity index (χ4v) is 4.41. The van der Waals surface area contributed by atoms with E-state index in [4.69, 9.17) is 12.2 Å². The Balaban J connectivity index is 1.82. The van der Waals surface area contributed by atoms with Crippen molar-refractivity contribution in [3.8, 4) is 0 Å². The van der Waals surface area contributed by atoms with E-state index in [0.717, 1.165) is 9.20 Å². The fourth-order valence-electron chi connectivity index (χ4n) is 4.12. The highest BCUT2D eigenvalue weighted by molar-refractivity contribution is 7.80. The Morgan fingerprint density at radius 3 is 2.19 bits per heavy atom. The van der Waals surface area contributed by atoms with Crippen molar-refractivity contribution in [2.75, 3.05) is 0 Å². The van der Waals surface area contributed by atoms with Crippen molar-refractivity contribution >= 4 is 62.0 Å². The summed E-state index contributed by atoms with van der Waals surface area (Å²) in [6.07, 6.45) is -0.0834. The summed E-state index contributed by atoms with van der Waals surface area (Å²) in [4.78, 5) is 53.3. The number of hydrogen-bond acceptors (Lipinski definition) is 5. The zero-order valence-corrected chi connectivity index (χ0v) is 18.1. The van der Waals surface area contributed by atoms with Gasteiger partial charge in [-0.15, -0.1) is 0 Å². The van der Waals surface area contributed by atoms with E-state index in [0.29, 0.717) is 33.1 Å². The van der Waals surface area contributed by atoms with E-state index >= 15 is 0 Å². The third-order valence-electron chi connectivity index (χ3n) is 5.71. The van der Waals surface area contributed by atoms with Gasteiger partial charge in [0, 0.05) is 29.1 Å². The fraction of sp³-hybridized carbons (Fsp3) is 0.174. The van der Waals surface area contributed by atoms with E-state index in [1.165, 1.54) is 0 Å². The van der Waals surface area contributed by atoms with Crippen LogP contribution >= 0.6 is 12.2 Å². The highest BCUT2D eigenvalue weighted by atomic mass is 32.1. The molecule has 2 aromatic carbocycles. The molecule has 0 radical (unpaired) electrons. The Bertz CT molecular complexity index is 1640. The lowest BCUT2D eigenvalue weighted by molar-refractivity contribution is 0.0870. The van der Waals surface area contributed by atoms with Crippen molar-refractivity contribution in [1.29, 1.82) is 0 Å². The summed E-state index contributed by atoms with van der Waals surface area (Å²) >= 11 is 5.05. The number of benzene rings is 2. The lowest BCUT2D eigenvalue weighted by Crippen LogP contribution is -2.40. The van der Waals surface area contributed by atoms with Crippen LogP contribution in [0, 0.1) is 5.92 Å². The molecule has 0 amide bonds. The Kier molecular flexibility index (Phi) is 4.63. The van der Waals surface area contributed by atoms with Gasteiger partial charge in [-0.1, -0.05) is 30.3 Å². The normalized spacial score (nSPS) is 14.8. The van der Waals surface area contributed by atoms with E-state index in [1.54, 1.807) is 62.4 Å². The Morgan fingerprint density at radius 1 is 0.906 bits per heavy atom. The quantitative estimate of drug-likeness (QED) is 0.269. The highest BCUT2D eigenvalue weighted by Gasteiger charge is 2.27. The second kappa shape index (κ2) is 7.38. The molecule has 9 heteroatoms. The molecule has 3 heterocycles. The zero-order valence-electron chi connectivity index (χ0n) is 17.3. The first-order valence-corrected chi connectivity index (χ1v) is 10.4. The summed E-state index contributed by atoms with van der Waals surface area (Å²) in [5.74, 6) is -0.960. The Labute approximate surface area is 186 Å². The molecular formula is C23H17N5O3S. The van der Waals surface area contributed by atoms with Gasteiger partial charge < -0.3 is 0 Å². The largest absolute Gasteiger partial charge is 0.281 e. The maximum absolute atomic E-state index is 13.5. The first-order chi connectivity index (χ1) is 15.4. The Morgan fingerprint density at radius 2 is 1.50 bits per heavy atom. The molecule has 0 bridgehead atoms. The molecule has 0 atom stereocenters. The predicted molar refractivity (Wildman–Crippen MR) is 128 cm³/mol. The number of carbonyl (C=O) groups is 1. The number of hydrogen-bond donors (Lipinski definition) is 0. The molecule has 0 fully saturated rings. The molecule has 1 aliphatic heterocycles. The van der Waals surface area contributed by atoms with Crippen LogP contribution in [0.3, 0.4) is 0 Å². The van der Waals surface area contributed by atoms with Gasteiger partial charge in [0.15, 0.2) is 5.65 Å². The van der Waals surface area contributed by atoms with Gasteiger partial charge in [-0.3, -0.25) is 14.4 Å². The molecule has 8 nitrogen and oxygen atoms in total. The predicted octanol–water partition coefficient (Wildman–Crippen LogP) is 3.03. The van der Waals surface area contributed by atoms with Crippen LogP contribution in [0.25, 0.3) is 27.3 Å². The third-order valence-corrected chi connectivity index (χ3v) is 5.89. The molecule has 2 aromatic heterocycles. The Hall–Kier alpha value is -3.85. The van der Waals surface area contributed by atoms with Crippen molar-refractivity contribution in [2.45, 2.75) is 20.3 Å². The SMILES string of the molecule is CC1=NC(=S)N=C(C)C1CC(=O)n1c(=O)c2ccccc2c2nc3ccccc3c(=O)n21. The topological polar surface area (TPSA) is 98.2 Å². The standard InChI is InChI=1S/C23H17N5O3S/c1-12-17(13(2)25-23(32)24-12)11-19(29)27-21(30)15-8-4-3-7-14(15)20-26-18-10-6-5-9-16(18)22(31)28(20)27/h3-10,17H,11H2,1-2H3. The number of fused-ring (bicyclic) bond motifs is 4. The first kappa shape index (κ1) is 20.1. The van der Waals surface area contributed by atoms with E-state index in [9.17, 15) is 14.4 Å². The van der Waals surface area contributed by atoms with Crippen molar-refractivity contribution in [3.05, 3.63) is 69.2 Å². The zero-order chi connectivity index (χ0) is 22.6. The molecule has 1 aliphatic rings. The maximum Gasteiger partial charge on any atom is 0.281 e. The van der Waals surface area contributed by atoms with Crippen molar-refractivity contribution in [1.82, 2.24) is 14.2 Å². The van der Waals surface area contributed by atoms with Crippen LogP contribution in [0.1, 0.15) is 25.1 Å². The summed E-state index contributed by atoms with van der Waals surface area (Å²) in [5, 5.41) is 1.34. The number of nitrogens with zero attached hydrogens (tertiary/aromatic N) is 5. The summed E-state index contributed by atoms with van der Waals surface area (Å²) in [5.41, 5.74) is 0.968. The van der Waals surface area contributed by atoms with E-state index in [1.807, 2.05) is 0 Å². The maximum atomic E-state index is 13.5. The summed E-state index contributed by atoms with van der Waals surface area (Å²) in [6, 6.07) is 13.7. The molecule has 0 saturated heterocycles. The molecule has 4 aromatic rings. The minimum Gasteiger partial charge on any atom is -0.272 e. The lowest BCUT2D eigenvalue weighted by atomic mass is 9.94. The number of thiocarbonyl (C=S) groups is 1. The van der Waals surface area contributed by atoms with Gasteiger partial charge in [-0.25, -0.2) is 15.0 Å². The van der Waals surface area contributed by atoms with E-state index < -0.39 is 22.9 Å². The van der Waals surface area contributed by atoms with Gasteiger partial charge in [0.25, 0.3) is 11.1 Å². The molecule has 5 rings (SSSR count). The van der Waals surface area contributed by atoms with Crippen LogP contribution in [-0.4, -0.2) is 36.6 Å². The van der Waals surface area contributed by atoms with E-state index in [2.05, 4.69) is 15.0 Å². The van der Waals surface area contributed by atoms with Crippen molar-refractivity contribution < 1.29 is 4.79 Å². The van der Waals surface area contributed by atoms with Crippen LogP contribution in [0.5, 0.6) is 0 Å². The molecule has 0 N–H and O–H groups in total. The number of aliphatic imine (C=N–C) groups is 2. The van der Waals surface area contributed by atoms with Gasteiger partial charge in [0.2, 0.25) is 11.0 Å². The minimum absolute atomic E-state index is 0.0834. The summed E-state index contributed by atoms with van der Waals surface area (Å²) in [7, 11) is 0. The minimum atomic E-state index is -0.576. The summed E-state index contributed by atoms with van der Waals surface area (Å²) in [6.45, 7) is 3.54. The second-order valence-electron chi connectivity index (χ2n) is 7.67. The number of aromatic nitrogens is 3. The van der Waals surface area contributed by atoms with Gasteiger partial charge in [-0.2, -0.15) is 9.20 Å². The van der Waals surface area contributed by atoms with Crippen molar-refractivity contribution in [2.24, 2.45) is 15.9 Å². The molecule has 32 heavy (non-hydrogen) atoms. The highest BCUT2D eigenvalue weighted by Crippen LogP contribution is 2.19. The monoisotopic (exact) mass is 443 g/mol. The molecule has 0 aliphatic carbocycles. The van der Waals surface area contributed by atoms with Gasteiger partial charge in [0.05, 0.1) is 16.3 Å². The molecule has 0 spiro atoms. The van der Waals surface area contributed by atoms with Gasteiger partial charge in [0.1, 0.15) is 0 Å². The molecule has 0 unspecified atom stereocenters. The molecular weight excluding hydrogens is 426 g/mol. The van der Waals surface area contributed by atoms with Gasteiger partial charge >= 0.3 is 0 Å². The number of rotatable bonds is 2. The van der Waals surface area contributed by atoms with Crippen LogP contribution in [-0.2, 0) is 0 Å². The second-order valence-corrected chi connectivity index (χ2v) is 8.04. The number of carbonyl (C=O) groups excluding carboxylic acids is 1. The average molecular weight is 443 g/mol. The van der Waals surface area contributed by atoms with Crippen LogP contribution < -0.4 is 11.1 Å². The van der Waals surface area contributed by atoms with Crippen LogP contribution in [0.15, 0.2) is 68.1 Å². The van der Waals surface area contributed by atoms with Crippen LogP contribution in [0.2, 0.25) is 0 Å². The van der Waals surface area contributed by atoms with Crippen LogP contribution in [0.4, 0.5) is 0 Å². The van der Waals surface area contributed by atoms with Gasteiger partial charge in [-0.05, 0) is 44.3 Å². The molecule has 0 saturated carbocycles. The van der Waals surface area contributed by atoms with Crippen molar-refractivity contribution in [3.63, 3.8) is 0 Å². The molecule has 158 valence electrons. The average Bonchev–Trinajstić information content (AvgIpc) is 2.77. The summed E-state index contributed by atoms with van der Waals surface area (Å²) < 4.78 is 1.98. The number of para-hydroxylation sites is 1.